The molecule has 1 N–H and O–H groups in total. The fourth-order valence-corrected chi connectivity index (χ4v) is 4.50. The average Bonchev–Trinajstić information content (AvgIpc) is 3.12. The van der Waals surface area contributed by atoms with Crippen LogP contribution < -0.4 is 5.32 Å². The van der Waals surface area contributed by atoms with E-state index in [1.54, 1.807) is 6.92 Å². The zero-order valence-corrected chi connectivity index (χ0v) is 18.6. The van der Waals surface area contributed by atoms with Crippen molar-refractivity contribution in [2.75, 3.05) is 0 Å². The summed E-state index contributed by atoms with van der Waals surface area (Å²) in [5, 5.41) is 6.27. The summed E-state index contributed by atoms with van der Waals surface area (Å²) in [5.74, 6) is -3.29. The van der Waals surface area contributed by atoms with Crippen molar-refractivity contribution in [3.05, 3.63) is 68.7 Å². The number of amides is 1. The summed E-state index contributed by atoms with van der Waals surface area (Å²) in [6, 6.07) is 7.32. The van der Waals surface area contributed by atoms with Gasteiger partial charge in [-0.3, -0.25) is 4.79 Å². The lowest BCUT2D eigenvalue weighted by Crippen LogP contribution is -2.50. The summed E-state index contributed by atoms with van der Waals surface area (Å²) in [6.45, 7) is 1.60. The van der Waals surface area contributed by atoms with Crippen molar-refractivity contribution < 1.29 is 31.6 Å². The predicted molar refractivity (Wildman–Crippen MR) is 113 cm³/mol. The highest BCUT2D eigenvalue weighted by molar-refractivity contribution is 6.34. The van der Waals surface area contributed by atoms with Crippen molar-refractivity contribution in [1.29, 1.82) is 0 Å². The van der Waals surface area contributed by atoms with Crippen LogP contribution in [0.25, 0.3) is 0 Å². The SMILES string of the molecule is Cc1cc(C2=NO[C@@](c3cc(Cl)cc(Cl)c3)(C(F)(F)F)C2)ccc1C(=O)NC1CC(F)(F)C1. The molecule has 1 atom stereocenters. The number of hydrogen-bond acceptors (Lipinski definition) is 3. The molecule has 0 saturated heterocycles. The van der Waals surface area contributed by atoms with E-state index in [1.165, 1.54) is 24.3 Å². The van der Waals surface area contributed by atoms with Crippen LogP contribution in [-0.2, 0) is 10.4 Å². The van der Waals surface area contributed by atoms with Crippen molar-refractivity contribution in [3.63, 3.8) is 0 Å². The minimum absolute atomic E-state index is 0.0219. The quantitative estimate of drug-likeness (QED) is 0.487. The molecule has 0 aromatic heterocycles. The van der Waals surface area contributed by atoms with E-state index in [9.17, 15) is 26.7 Å². The third kappa shape index (κ3) is 4.53. The van der Waals surface area contributed by atoms with Gasteiger partial charge in [0.1, 0.15) is 0 Å². The van der Waals surface area contributed by atoms with E-state index in [0.717, 1.165) is 12.1 Å². The topological polar surface area (TPSA) is 50.7 Å². The number of benzene rings is 2. The number of oxime groups is 1. The Balaban J connectivity index is 1.56. The lowest BCUT2D eigenvalue weighted by molar-refractivity contribution is -0.275. The molecule has 0 radical (unpaired) electrons. The van der Waals surface area contributed by atoms with Crippen LogP contribution in [0.3, 0.4) is 0 Å². The molecular weight excluding hydrogens is 490 g/mol. The summed E-state index contributed by atoms with van der Waals surface area (Å²) >= 11 is 11.8. The smallest absolute Gasteiger partial charge is 0.374 e. The number of alkyl halides is 5. The van der Waals surface area contributed by atoms with Gasteiger partial charge in [-0.15, -0.1) is 0 Å². The maximum atomic E-state index is 14.1. The zero-order chi connectivity index (χ0) is 24.2. The molecule has 1 aliphatic carbocycles. The standard InChI is InChI=1S/C22H17Cl2F5N2O2/c1-11-4-12(2-3-17(11)19(32)30-16-8-20(25,26)9-16)18-10-21(33-31-18,22(27,28)29)13-5-14(23)7-15(24)6-13/h2-7,16H,8-10H2,1H3,(H,30,32)/t21-/m0/s1. The Kier molecular flexibility index (Phi) is 5.85. The molecule has 0 bridgehead atoms. The zero-order valence-electron chi connectivity index (χ0n) is 17.1. The third-order valence-electron chi connectivity index (χ3n) is 5.74. The second kappa shape index (κ2) is 8.13. The largest absolute Gasteiger partial charge is 0.435 e. The van der Waals surface area contributed by atoms with E-state index in [4.69, 9.17) is 28.0 Å². The van der Waals surface area contributed by atoms with Gasteiger partial charge in [0.15, 0.2) is 0 Å². The second-order valence-corrected chi connectivity index (χ2v) is 9.13. The number of hydrogen-bond donors (Lipinski definition) is 1. The molecule has 2 aromatic rings. The lowest BCUT2D eigenvalue weighted by Gasteiger charge is -2.35. The lowest BCUT2D eigenvalue weighted by atomic mass is 9.86. The second-order valence-electron chi connectivity index (χ2n) is 8.25. The molecule has 1 saturated carbocycles. The summed E-state index contributed by atoms with van der Waals surface area (Å²) < 4.78 is 68.4. The van der Waals surface area contributed by atoms with Gasteiger partial charge in [-0.05, 0) is 48.4 Å². The van der Waals surface area contributed by atoms with E-state index < -0.39 is 48.9 Å². The van der Waals surface area contributed by atoms with Crippen LogP contribution in [0.15, 0.2) is 41.6 Å². The van der Waals surface area contributed by atoms with Crippen LogP contribution in [0, 0.1) is 6.92 Å². The molecule has 2 aliphatic rings. The van der Waals surface area contributed by atoms with Gasteiger partial charge < -0.3 is 10.2 Å². The molecule has 2 aromatic carbocycles. The van der Waals surface area contributed by atoms with Crippen molar-refractivity contribution >= 4 is 34.8 Å². The molecule has 1 heterocycles. The number of halogens is 7. The van der Waals surface area contributed by atoms with Gasteiger partial charge in [-0.2, -0.15) is 13.2 Å². The fourth-order valence-electron chi connectivity index (χ4n) is 3.97. The summed E-state index contributed by atoms with van der Waals surface area (Å²) in [5.41, 5.74) is -2.01. The molecule has 11 heteroatoms. The van der Waals surface area contributed by atoms with E-state index in [-0.39, 0.29) is 26.9 Å². The van der Waals surface area contributed by atoms with Gasteiger partial charge in [-0.25, -0.2) is 8.78 Å². The normalized spacial score (nSPS) is 22.4. The van der Waals surface area contributed by atoms with Crippen LogP contribution in [0.5, 0.6) is 0 Å². The monoisotopic (exact) mass is 506 g/mol. The van der Waals surface area contributed by atoms with E-state index in [0.29, 0.717) is 11.1 Å². The summed E-state index contributed by atoms with van der Waals surface area (Å²) in [4.78, 5) is 17.4. The highest BCUT2D eigenvalue weighted by Gasteiger charge is 2.62. The van der Waals surface area contributed by atoms with Crippen molar-refractivity contribution in [1.82, 2.24) is 5.32 Å². The Morgan fingerprint density at radius 1 is 1.12 bits per heavy atom. The van der Waals surface area contributed by atoms with Gasteiger partial charge >= 0.3 is 6.18 Å². The van der Waals surface area contributed by atoms with E-state index in [1.807, 2.05) is 0 Å². The van der Waals surface area contributed by atoms with Crippen LogP contribution in [0.4, 0.5) is 22.0 Å². The molecule has 0 unspecified atom stereocenters. The molecule has 33 heavy (non-hydrogen) atoms. The van der Waals surface area contributed by atoms with Crippen LogP contribution >= 0.6 is 23.2 Å². The van der Waals surface area contributed by atoms with Crippen molar-refractivity contribution in [2.45, 2.75) is 49.9 Å². The Bertz CT molecular complexity index is 1120. The Labute approximate surface area is 195 Å². The maximum absolute atomic E-state index is 14.1. The number of carbonyl (C=O) groups is 1. The number of aryl methyl sites for hydroxylation is 1. The molecule has 0 spiro atoms. The minimum Gasteiger partial charge on any atom is -0.374 e. The first-order valence-corrected chi connectivity index (χ1v) is 10.6. The molecule has 176 valence electrons. The highest BCUT2D eigenvalue weighted by atomic mass is 35.5. The third-order valence-corrected chi connectivity index (χ3v) is 6.18. The van der Waals surface area contributed by atoms with Gasteiger partial charge in [-0.1, -0.05) is 34.4 Å². The predicted octanol–water partition coefficient (Wildman–Crippen LogP) is 6.41. The van der Waals surface area contributed by atoms with Gasteiger partial charge in [0.2, 0.25) is 0 Å². The number of nitrogens with zero attached hydrogens (tertiary/aromatic N) is 1. The highest BCUT2D eigenvalue weighted by Crippen LogP contribution is 2.49. The van der Waals surface area contributed by atoms with Gasteiger partial charge in [0.05, 0.1) is 5.71 Å². The minimum atomic E-state index is -4.83. The summed E-state index contributed by atoms with van der Waals surface area (Å²) in [7, 11) is 0. The van der Waals surface area contributed by atoms with E-state index >= 15 is 0 Å². The first kappa shape index (κ1) is 23.8. The fraction of sp³-hybridized carbons (Fsp3) is 0.364. The molecule has 1 fully saturated rings. The number of carbonyl (C=O) groups excluding carboxylic acids is 1. The number of nitrogens with one attached hydrogen (secondary N) is 1. The van der Waals surface area contributed by atoms with Crippen LogP contribution in [-0.4, -0.2) is 29.8 Å². The molecule has 4 nitrogen and oxygen atoms in total. The van der Waals surface area contributed by atoms with Crippen LogP contribution in [0.2, 0.25) is 10.0 Å². The van der Waals surface area contributed by atoms with E-state index in [2.05, 4.69) is 10.5 Å². The van der Waals surface area contributed by atoms with Gasteiger partial charge in [0, 0.05) is 46.5 Å². The molecule has 4 rings (SSSR count). The molecule has 1 aliphatic heterocycles. The van der Waals surface area contributed by atoms with Gasteiger partial charge in [0.25, 0.3) is 17.4 Å². The Morgan fingerprint density at radius 3 is 2.30 bits per heavy atom. The Hall–Kier alpha value is -2.39. The Morgan fingerprint density at radius 2 is 1.76 bits per heavy atom. The first-order valence-electron chi connectivity index (χ1n) is 9.88. The number of rotatable bonds is 4. The molecular formula is C22H17Cl2F5N2O2. The average molecular weight is 507 g/mol. The first-order chi connectivity index (χ1) is 15.3. The van der Waals surface area contributed by atoms with Crippen molar-refractivity contribution in [2.24, 2.45) is 5.16 Å². The maximum Gasteiger partial charge on any atom is 0.435 e. The van der Waals surface area contributed by atoms with Crippen molar-refractivity contribution in [3.8, 4) is 0 Å². The van der Waals surface area contributed by atoms with Crippen LogP contribution in [0.1, 0.15) is 46.3 Å². The summed E-state index contributed by atoms with van der Waals surface area (Å²) in [6.07, 6.45) is -6.30. The molecule has 1 amide bonds.